The van der Waals surface area contributed by atoms with E-state index < -0.39 is 5.97 Å². The van der Waals surface area contributed by atoms with Crippen molar-refractivity contribution < 1.29 is 28.9 Å². The molecule has 0 aliphatic rings. The average Bonchev–Trinajstić information content (AvgIpc) is 2.98. The Balaban J connectivity index is 1.56. The summed E-state index contributed by atoms with van der Waals surface area (Å²) in [5.41, 5.74) is 4.29. The Morgan fingerprint density at radius 2 is 1.46 bits per heavy atom. The first kappa shape index (κ1) is 29.2. The van der Waals surface area contributed by atoms with Crippen LogP contribution in [-0.2, 0) is 13.0 Å². The van der Waals surface area contributed by atoms with E-state index in [0.717, 1.165) is 29.5 Å². The monoisotopic (exact) mass is 553 g/mol. The number of carboxylic acid groups (broad SMARTS) is 1. The normalized spacial score (nSPS) is 10.6. The molecule has 0 fully saturated rings. The minimum atomic E-state index is -1.05. The Kier molecular flexibility index (Phi) is 9.64. The van der Waals surface area contributed by atoms with Gasteiger partial charge in [-0.15, -0.1) is 0 Å². The lowest BCUT2D eigenvalue weighted by molar-refractivity contribution is 0.0692. The highest BCUT2D eigenvalue weighted by Gasteiger charge is 2.20. The van der Waals surface area contributed by atoms with Crippen molar-refractivity contribution in [2.45, 2.75) is 33.2 Å². The minimum absolute atomic E-state index is 0.105. The van der Waals surface area contributed by atoms with E-state index in [0.29, 0.717) is 41.7 Å². The lowest BCUT2D eigenvalue weighted by Gasteiger charge is -2.24. The first-order valence-corrected chi connectivity index (χ1v) is 13.5. The predicted molar refractivity (Wildman–Crippen MR) is 158 cm³/mol. The third-order valence-electron chi connectivity index (χ3n) is 6.98. The molecule has 0 saturated heterocycles. The Hall–Kier alpha value is -4.78. The number of para-hydroxylation sites is 1. The van der Waals surface area contributed by atoms with Gasteiger partial charge in [0.2, 0.25) is 0 Å². The van der Waals surface area contributed by atoms with Crippen LogP contribution in [0, 0.1) is 13.8 Å². The van der Waals surface area contributed by atoms with Gasteiger partial charge in [-0.1, -0.05) is 54.6 Å². The third-order valence-corrected chi connectivity index (χ3v) is 6.98. The first-order chi connectivity index (χ1) is 19.8. The maximum absolute atomic E-state index is 13.8. The highest BCUT2D eigenvalue weighted by Crippen LogP contribution is 2.31. The molecular formula is C34H35NO6. The number of carbonyl (C=O) groups is 2. The van der Waals surface area contributed by atoms with Crippen LogP contribution in [0.5, 0.6) is 23.0 Å². The zero-order valence-electron chi connectivity index (χ0n) is 23.8. The fraction of sp³-hybridized carbons (Fsp3) is 0.235. The lowest BCUT2D eigenvalue weighted by Crippen LogP contribution is -2.32. The number of ether oxygens (including phenoxy) is 3. The van der Waals surface area contributed by atoms with Crippen molar-refractivity contribution in [1.29, 1.82) is 0 Å². The number of aryl methyl sites for hydroxylation is 2. The van der Waals surface area contributed by atoms with Crippen LogP contribution in [0.15, 0.2) is 84.9 Å². The van der Waals surface area contributed by atoms with Crippen LogP contribution < -0.4 is 14.2 Å². The molecule has 41 heavy (non-hydrogen) atoms. The number of benzene rings is 4. The zero-order chi connectivity index (χ0) is 29.4. The quantitative estimate of drug-likeness (QED) is 0.202. The molecule has 0 saturated carbocycles. The molecule has 7 nitrogen and oxygen atoms in total. The second-order valence-electron chi connectivity index (χ2n) is 9.82. The van der Waals surface area contributed by atoms with Gasteiger partial charge in [-0.3, -0.25) is 4.79 Å². The van der Waals surface area contributed by atoms with Gasteiger partial charge in [-0.2, -0.15) is 0 Å². The van der Waals surface area contributed by atoms with Crippen LogP contribution >= 0.6 is 0 Å². The Bertz CT molecular complexity index is 1470. The molecule has 0 bridgehead atoms. The summed E-state index contributed by atoms with van der Waals surface area (Å²) in [7, 11) is 3.15. The Morgan fingerprint density at radius 1 is 0.805 bits per heavy atom. The summed E-state index contributed by atoms with van der Waals surface area (Å²) in [5.74, 6) is 0.842. The van der Waals surface area contributed by atoms with Crippen LogP contribution in [0.1, 0.15) is 49.4 Å². The molecule has 0 atom stereocenters. The highest BCUT2D eigenvalue weighted by atomic mass is 16.5. The minimum Gasteiger partial charge on any atom is -0.496 e. The summed E-state index contributed by atoms with van der Waals surface area (Å²) in [6, 6.07) is 26.1. The van der Waals surface area contributed by atoms with E-state index in [1.54, 1.807) is 44.6 Å². The van der Waals surface area contributed by atoms with Crippen molar-refractivity contribution in [3.05, 3.63) is 118 Å². The summed E-state index contributed by atoms with van der Waals surface area (Å²) >= 11 is 0. The third kappa shape index (κ3) is 7.25. The topological polar surface area (TPSA) is 85.3 Å². The molecule has 4 aromatic rings. The van der Waals surface area contributed by atoms with Crippen LogP contribution in [0.4, 0.5) is 0 Å². The second kappa shape index (κ2) is 13.5. The lowest BCUT2D eigenvalue weighted by atomic mass is 10.1. The molecule has 7 heteroatoms. The van der Waals surface area contributed by atoms with E-state index in [-0.39, 0.29) is 11.5 Å². The van der Waals surface area contributed by atoms with Gasteiger partial charge in [0.15, 0.2) is 0 Å². The number of methoxy groups -OCH3 is 2. The van der Waals surface area contributed by atoms with E-state index in [9.17, 15) is 14.7 Å². The predicted octanol–water partition coefficient (Wildman–Crippen LogP) is 7.09. The van der Waals surface area contributed by atoms with Gasteiger partial charge in [-0.25, -0.2) is 4.79 Å². The fourth-order valence-electron chi connectivity index (χ4n) is 4.72. The van der Waals surface area contributed by atoms with Crippen LogP contribution in [0.2, 0.25) is 0 Å². The van der Waals surface area contributed by atoms with Gasteiger partial charge in [0, 0.05) is 24.2 Å². The Labute approximate surface area is 240 Å². The number of hydrogen-bond donors (Lipinski definition) is 1. The van der Waals surface area contributed by atoms with E-state index in [2.05, 4.69) is 12.1 Å². The number of carbonyl (C=O) groups excluding carboxylic acids is 1. The number of aromatic carboxylic acids is 1. The molecule has 4 aromatic carbocycles. The SMILES string of the molecule is COc1cc(C(=O)N(CCCc2ccccc2)Cc2ccc(Oc3c(C)cccc3C(=O)O)cc2)cc(OC)c1C. The molecule has 0 aliphatic carbocycles. The van der Waals surface area contributed by atoms with E-state index in [1.807, 2.05) is 55.1 Å². The Morgan fingerprint density at radius 3 is 2.07 bits per heavy atom. The summed E-state index contributed by atoms with van der Waals surface area (Å²) < 4.78 is 17.0. The standard InChI is InChI=1S/C34H35NO6/c1-23-10-8-14-29(34(37)38)32(23)41-28-17-15-26(16-18-28)22-35(19-9-13-25-11-6-5-7-12-25)33(36)27-20-30(39-3)24(2)31(21-27)40-4/h5-8,10-12,14-18,20-21H,9,13,19,22H2,1-4H3,(H,37,38). The van der Waals surface area contributed by atoms with Gasteiger partial charge < -0.3 is 24.2 Å². The number of amides is 1. The number of carboxylic acids is 1. The van der Waals surface area contributed by atoms with Gasteiger partial charge >= 0.3 is 5.97 Å². The zero-order valence-corrected chi connectivity index (χ0v) is 23.8. The van der Waals surface area contributed by atoms with Crippen molar-refractivity contribution in [2.24, 2.45) is 0 Å². The molecule has 0 aromatic heterocycles. The molecule has 4 rings (SSSR count). The van der Waals surface area contributed by atoms with E-state index in [4.69, 9.17) is 14.2 Å². The van der Waals surface area contributed by atoms with Gasteiger partial charge in [0.05, 0.1) is 14.2 Å². The van der Waals surface area contributed by atoms with Gasteiger partial charge in [-0.05, 0) is 73.7 Å². The molecule has 0 heterocycles. The number of nitrogens with zero attached hydrogens (tertiary/aromatic N) is 1. The largest absolute Gasteiger partial charge is 0.496 e. The van der Waals surface area contributed by atoms with Gasteiger partial charge in [0.1, 0.15) is 28.6 Å². The first-order valence-electron chi connectivity index (χ1n) is 13.5. The molecule has 0 radical (unpaired) electrons. The number of hydrogen-bond acceptors (Lipinski definition) is 5. The van der Waals surface area contributed by atoms with Crippen molar-refractivity contribution in [2.75, 3.05) is 20.8 Å². The fourth-order valence-corrected chi connectivity index (χ4v) is 4.72. The van der Waals surface area contributed by atoms with Crippen molar-refractivity contribution in [3.63, 3.8) is 0 Å². The summed E-state index contributed by atoms with van der Waals surface area (Å²) in [6.07, 6.45) is 1.64. The molecule has 1 amide bonds. The second-order valence-corrected chi connectivity index (χ2v) is 9.82. The molecular weight excluding hydrogens is 518 g/mol. The van der Waals surface area contributed by atoms with Crippen molar-refractivity contribution >= 4 is 11.9 Å². The molecule has 0 unspecified atom stereocenters. The summed E-state index contributed by atoms with van der Waals surface area (Å²) in [6.45, 7) is 4.64. The maximum Gasteiger partial charge on any atom is 0.339 e. The van der Waals surface area contributed by atoms with Crippen LogP contribution in [-0.4, -0.2) is 42.6 Å². The smallest absolute Gasteiger partial charge is 0.339 e. The van der Waals surface area contributed by atoms with Gasteiger partial charge in [0.25, 0.3) is 5.91 Å². The summed E-state index contributed by atoms with van der Waals surface area (Å²) in [4.78, 5) is 27.3. The highest BCUT2D eigenvalue weighted by molar-refractivity contribution is 5.95. The van der Waals surface area contributed by atoms with Crippen molar-refractivity contribution in [1.82, 2.24) is 4.90 Å². The van der Waals surface area contributed by atoms with Crippen LogP contribution in [0.25, 0.3) is 0 Å². The van der Waals surface area contributed by atoms with E-state index >= 15 is 0 Å². The average molecular weight is 554 g/mol. The molecule has 0 spiro atoms. The molecule has 0 aliphatic heterocycles. The van der Waals surface area contributed by atoms with E-state index in [1.165, 1.54) is 11.6 Å². The maximum atomic E-state index is 13.8. The van der Waals surface area contributed by atoms with Crippen LogP contribution in [0.3, 0.4) is 0 Å². The molecule has 1 N–H and O–H groups in total. The molecule has 212 valence electrons. The van der Waals surface area contributed by atoms with Crippen molar-refractivity contribution in [3.8, 4) is 23.0 Å². The number of rotatable bonds is 12. The summed E-state index contributed by atoms with van der Waals surface area (Å²) in [5, 5.41) is 9.55.